The molecule has 6 heteroatoms. The second-order valence-electron chi connectivity index (χ2n) is 4.75. The third-order valence-electron chi connectivity index (χ3n) is 3.01. The van der Waals surface area contributed by atoms with E-state index in [2.05, 4.69) is 21.2 Å². The molecule has 0 bridgehead atoms. The zero-order valence-electron chi connectivity index (χ0n) is 12.4. The van der Waals surface area contributed by atoms with Gasteiger partial charge >= 0.3 is 0 Å². The van der Waals surface area contributed by atoms with Gasteiger partial charge in [0.1, 0.15) is 12.3 Å². The number of halogens is 1. The van der Waals surface area contributed by atoms with Crippen molar-refractivity contribution in [3.05, 3.63) is 56.9 Å². The fourth-order valence-corrected chi connectivity index (χ4v) is 2.64. The Labute approximate surface area is 137 Å². The molecular formula is C16H17BrN2O3. The van der Waals surface area contributed by atoms with Crippen molar-refractivity contribution in [3.63, 3.8) is 0 Å². The Hall–Kier alpha value is -2.08. The van der Waals surface area contributed by atoms with Crippen LogP contribution in [0.5, 0.6) is 5.75 Å². The summed E-state index contributed by atoms with van der Waals surface area (Å²) in [6, 6.07) is 8.92. The van der Waals surface area contributed by atoms with Crippen LogP contribution in [0.3, 0.4) is 0 Å². The van der Waals surface area contributed by atoms with Crippen molar-refractivity contribution in [3.8, 4) is 5.75 Å². The summed E-state index contributed by atoms with van der Waals surface area (Å²) in [5, 5.41) is 2.77. The molecule has 0 atom stereocenters. The topological polar surface area (TPSA) is 60.3 Å². The highest BCUT2D eigenvalue weighted by Crippen LogP contribution is 2.23. The van der Waals surface area contributed by atoms with Crippen molar-refractivity contribution in [2.24, 2.45) is 0 Å². The highest BCUT2D eigenvalue weighted by molar-refractivity contribution is 9.10. The number of carbonyl (C=O) groups excluding carboxylic acids is 1. The van der Waals surface area contributed by atoms with Crippen LogP contribution in [0.4, 0.5) is 5.69 Å². The Balaban J connectivity index is 2.16. The van der Waals surface area contributed by atoms with E-state index in [9.17, 15) is 9.59 Å². The van der Waals surface area contributed by atoms with Crippen LogP contribution < -0.4 is 15.6 Å². The lowest BCUT2D eigenvalue weighted by molar-refractivity contribution is -0.116. The first-order chi connectivity index (χ1) is 10.5. The van der Waals surface area contributed by atoms with Crippen molar-refractivity contribution in [1.82, 2.24) is 4.57 Å². The van der Waals surface area contributed by atoms with Crippen molar-refractivity contribution in [2.45, 2.75) is 20.4 Å². The Bertz CT molecular complexity index is 740. The van der Waals surface area contributed by atoms with Gasteiger partial charge < -0.3 is 14.6 Å². The van der Waals surface area contributed by atoms with Crippen molar-refractivity contribution in [1.29, 1.82) is 0 Å². The second-order valence-corrected chi connectivity index (χ2v) is 5.67. The SMILES string of the molecule is CCOc1ccccc1NC(=O)Cn1cc(Br)cc(C)c1=O. The molecule has 0 spiro atoms. The molecule has 0 unspecified atom stereocenters. The van der Waals surface area contributed by atoms with Gasteiger partial charge in [-0.2, -0.15) is 0 Å². The third kappa shape index (κ3) is 3.98. The fraction of sp³-hybridized carbons (Fsp3) is 0.250. The van der Waals surface area contributed by atoms with Crippen LogP contribution in [0.25, 0.3) is 0 Å². The minimum absolute atomic E-state index is 0.0560. The first-order valence-electron chi connectivity index (χ1n) is 6.89. The molecule has 5 nitrogen and oxygen atoms in total. The van der Waals surface area contributed by atoms with Gasteiger partial charge in [0.15, 0.2) is 0 Å². The zero-order valence-corrected chi connectivity index (χ0v) is 14.0. The lowest BCUT2D eigenvalue weighted by Crippen LogP contribution is -2.28. The maximum atomic E-state index is 12.2. The molecule has 1 aromatic heterocycles. The number of hydrogen-bond donors (Lipinski definition) is 1. The van der Waals surface area contributed by atoms with Gasteiger partial charge in [-0.25, -0.2) is 0 Å². The quantitative estimate of drug-likeness (QED) is 0.886. The summed E-state index contributed by atoms with van der Waals surface area (Å²) < 4.78 is 7.59. The van der Waals surface area contributed by atoms with E-state index in [1.807, 2.05) is 19.1 Å². The van der Waals surface area contributed by atoms with Crippen molar-refractivity contribution in [2.75, 3.05) is 11.9 Å². The van der Waals surface area contributed by atoms with Gasteiger partial charge in [-0.05, 0) is 48.0 Å². The Kier molecular flexibility index (Phi) is 5.38. The summed E-state index contributed by atoms with van der Waals surface area (Å²) in [7, 11) is 0. The van der Waals surface area contributed by atoms with Crippen molar-refractivity contribution < 1.29 is 9.53 Å². The molecule has 116 valence electrons. The van der Waals surface area contributed by atoms with Gasteiger partial charge in [0.05, 0.1) is 12.3 Å². The molecule has 2 aromatic rings. The number of pyridine rings is 1. The molecule has 1 heterocycles. The summed E-state index contributed by atoms with van der Waals surface area (Å²) in [5.74, 6) is 0.322. The van der Waals surface area contributed by atoms with Crippen LogP contribution >= 0.6 is 15.9 Å². The largest absolute Gasteiger partial charge is 0.492 e. The average molecular weight is 365 g/mol. The zero-order chi connectivity index (χ0) is 16.1. The number of aryl methyl sites for hydroxylation is 1. The standard InChI is InChI=1S/C16H17BrN2O3/c1-3-22-14-7-5-4-6-13(14)18-15(20)10-19-9-12(17)8-11(2)16(19)21/h4-9H,3,10H2,1-2H3,(H,18,20). The number of rotatable bonds is 5. The summed E-state index contributed by atoms with van der Waals surface area (Å²) in [5.41, 5.74) is 0.988. The van der Waals surface area contributed by atoms with Crippen LogP contribution in [0.2, 0.25) is 0 Å². The third-order valence-corrected chi connectivity index (χ3v) is 3.44. The van der Waals surface area contributed by atoms with Crippen LogP contribution in [-0.4, -0.2) is 17.1 Å². The van der Waals surface area contributed by atoms with Crippen LogP contribution in [0, 0.1) is 6.92 Å². The number of anilines is 1. The number of para-hydroxylation sites is 2. The van der Waals surface area contributed by atoms with Gasteiger partial charge in [0, 0.05) is 16.2 Å². The molecule has 0 aliphatic rings. The molecule has 1 N–H and O–H groups in total. The number of carbonyl (C=O) groups is 1. The van der Waals surface area contributed by atoms with Gasteiger partial charge in [-0.1, -0.05) is 12.1 Å². The first kappa shape index (κ1) is 16.3. The fourth-order valence-electron chi connectivity index (χ4n) is 2.05. The molecule has 1 aromatic carbocycles. The molecule has 0 saturated carbocycles. The number of benzene rings is 1. The molecule has 0 fully saturated rings. The summed E-state index contributed by atoms with van der Waals surface area (Å²) in [6.45, 7) is 4.05. The molecule has 0 saturated heterocycles. The van der Waals surface area contributed by atoms with E-state index in [0.29, 0.717) is 23.6 Å². The van der Waals surface area contributed by atoms with E-state index >= 15 is 0 Å². The van der Waals surface area contributed by atoms with E-state index in [4.69, 9.17) is 4.74 Å². The second kappa shape index (κ2) is 7.26. The first-order valence-corrected chi connectivity index (χ1v) is 7.69. The van der Waals surface area contributed by atoms with E-state index in [1.54, 1.807) is 31.3 Å². The van der Waals surface area contributed by atoms with Gasteiger partial charge in [-0.15, -0.1) is 0 Å². The van der Waals surface area contributed by atoms with Crippen LogP contribution in [-0.2, 0) is 11.3 Å². The predicted octanol–water partition coefficient (Wildman–Crippen LogP) is 2.96. The summed E-state index contributed by atoms with van der Waals surface area (Å²) >= 11 is 3.32. The van der Waals surface area contributed by atoms with E-state index in [1.165, 1.54) is 4.57 Å². The molecule has 2 rings (SSSR count). The molecular weight excluding hydrogens is 348 g/mol. The van der Waals surface area contributed by atoms with Gasteiger partial charge in [0.2, 0.25) is 5.91 Å². The van der Waals surface area contributed by atoms with E-state index < -0.39 is 0 Å². The maximum Gasteiger partial charge on any atom is 0.253 e. The van der Waals surface area contributed by atoms with E-state index in [0.717, 1.165) is 4.47 Å². The van der Waals surface area contributed by atoms with Crippen LogP contribution in [0.15, 0.2) is 45.8 Å². The summed E-state index contributed by atoms with van der Waals surface area (Å²) in [6.07, 6.45) is 1.60. The lowest BCUT2D eigenvalue weighted by Gasteiger charge is -2.12. The van der Waals surface area contributed by atoms with Gasteiger partial charge in [-0.3, -0.25) is 9.59 Å². The number of amides is 1. The normalized spacial score (nSPS) is 10.3. The highest BCUT2D eigenvalue weighted by Gasteiger charge is 2.10. The average Bonchev–Trinajstić information content (AvgIpc) is 2.46. The smallest absolute Gasteiger partial charge is 0.253 e. The Morgan fingerprint density at radius 3 is 2.82 bits per heavy atom. The molecule has 0 aliphatic carbocycles. The van der Waals surface area contributed by atoms with E-state index in [-0.39, 0.29) is 18.0 Å². The molecule has 0 aliphatic heterocycles. The van der Waals surface area contributed by atoms with Crippen molar-refractivity contribution >= 4 is 27.5 Å². The number of hydrogen-bond acceptors (Lipinski definition) is 3. The number of nitrogens with one attached hydrogen (secondary N) is 1. The number of nitrogens with zero attached hydrogens (tertiary/aromatic N) is 1. The maximum absolute atomic E-state index is 12.2. The minimum atomic E-state index is -0.285. The Morgan fingerprint density at radius 1 is 1.36 bits per heavy atom. The summed E-state index contributed by atoms with van der Waals surface area (Å²) in [4.78, 5) is 24.2. The van der Waals surface area contributed by atoms with Crippen LogP contribution in [0.1, 0.15) is 12.5 Å². The lowest BCUT2D eigenvalue weighted by atomic mass is 10.3. The molecule has 1 amide bonds. The molecule has 0 radical (unpaired) electrons. The highest BCUT2D eigenvalue weighted by atomic mass is 79.9. The Morgan fingerprint density at radius 2 is 2.09 bits per heavy atom. The number of aromatic nitrogens is 1. The predicted molar refractivity (Wildman–Crippen MR) is 89.4 cm³/mol. The number of ether oxygens (including phenoxy) is 1. The van der Waals surface area contributed by atoms with Gasteiger partial charge in [0.25, 0.3) is 5.56 Å². The minimum Gasteiger partial charge on any atom is -0.492 e. The monoisotopic (exact) mass is 364 g/mol. The molecule has 22 heavy (non-hydrogen) atoms.